The molecule has 31 heavy (non-hydrogen) atoms. The van der Waals surface area contributed by atoms with Crippen LogP contribution in [0.4, 0.5) is 0 Å². The average molecular weight is 435 g/mol. The molecule has 1 atom stereocenters. The number of ether oxygens (including phenoxy) is 1. The van der Waals surface area contributed by atoms with Gasteiger partial charge in [-0.25, -0.2) is 0 Å². The molecule has 4 rings (SSSR count). The Morgan fingerprint density at radius 1 is 1.10 bits per heavy atom. The van der Waals surface area contributed by atoms with Crippen LogP contribution in [0.25, 0.3) is 10.4 Å². The third-order valence-corrected chi connectivity index (χ3v) is 6.87. The van der Waals surface area contributed by atoms with E-state index in [0.717, 1.165) is 16.7 Å². The van der Waals surface area contributed by atoms with E-state index in [9.17, 15) is 9.59 Å². The van der Waals surface area contributed by atoms with Crippen molar-refractivity contribution in [2.45, 2.75) is 19.4 Å². The predicted molar refractivity (Wildman–Crippen MR) is 123 cm³/mol. The summed E-state index contributed by atoms with van der Waals surface area (Å²) in [4.78, 5) is 28.5. The van der Waals surface area contributed by atoms with Crippen molar-refractivity contribution in [3.63, 3.8) is 0 Å². The van der Waals surface area contributed by atoms with Crippen molar-refractivity contribution >= 4 is 23.2 Å². The van der Waals surface area contributed by atoms with Crippen molar-refractivity contribution in [2.24, 2.45) is 11.1 Å². The first-order valence-electron chi connectivity index (χ1n) is 10.3. The number of hydrogen-bond acceptors (Lipinski definition) is 4. The Kier molecular flexibility index (Phi) is 6.20. The van der Waals surface area contributed by atoms with Gasteiger partial charge in [0.05, 0.1) is 12.0 Å². The normalized spacial score (nSPS) is 18.3. The first-order chi connectivity index (χ1) is 15.0. The molecule has 0 saturated carbocycles. The lowest BCUT2D eigenvalue weighted by atomic mass is 9.80. The first-order valence-corrected chi connectivity index (χ1v) is 11.2. The van der Waals surface area contributed by atoms with Crippen LogP contribution in [0.3, 0.4) is 0 Å². The molecule has 1 aliphatic heterocycles. The van der Waals surface area contributed by atoms with Crippen LogP contribution in [0.15, 0.2) is 66.0 Å². The highest BCUT2D eigenvalue weighted by Crippen LogP contribution is 2.36. The first kappa shape index (κ1) is 21.3. The lowest BCUT2D eigenvalue weighted by molar-refractivity contribution is -0.126. The maximum atomic E-state index is 13.0. The lowest BCUT2D eigenvalue weighted by Gasteiger charge is -2.26. The molecule has 1 unspecified atom stereocenters. The van der Waals surface area contributed by atoms with E-state index >= 15 is 0 Å². The van der Waals surface area contributed by atoms with Crippen LogP contribution in [0.5, 0.6) is 0 Å². The zero-order valence-electron chi connectivity index (χ0n) is 17.5. The van der Waals surface area contributed by atoms with Crippen LogP contribution in [0.2, 0.25) is 0 Å². The van der Waals surface area contributed by atoms with Crippen LogP contribution in [-0.4, -0.2) is 36.9 Å². The standard InChI is InChI=1S/C25H26N2O3S/c1-30-16-18-7-9-20(10-8-18)23(28)27-12-11-25(17-27,24(26)29)15-19-4-2-5-21(14-19)22-6-3-13-31-22/h2-10,13-14H,11-12,15-17H2,1H3,(H2,26,29). The topological polar surface area (TPSA) is 72.6 Å². The summed E-state index contributed by atoms with van der Waals surface area (Å²) in [6, 6.07) is 19.8. The zero-order valence-corrected chi connectivity index (χ0v) is 18.4. The number of primary amides is 1. The molecule has 1 saturated heterocycles. The van der Waals surface area contributed by atoms with E-state index in [2.05, 4.69) is 23.6 Å². The minimum atomic E-state index is -0.750. The molecule has 160 valence electrons. The number of thiophene rings is 1. The molecule has 2 heterocycles. The molecule has 2 N–H and O–H groups in total. The summed E-state index contributed by atoms with van der Waals surface area (Å²) < 4.78 is 5.12. The fourth-order valence-electron chi connectivity index (χ4n) is 4.24. The number of methoxy groups -OCH3 is 1. The molecule has 0 radical (unpaired) electrons. The van der Waals surface area contributed by atoms with Crippen LogP contribution in [0.1, 0.15) is 27.9 Å². The van der Waals surface area contributed by atoms with Gasteiger partial charge in [0, 0.05) is 30.6 Å². The molecular weight excluding hydrogens is 408 g/mol. The van der Waals surface area contributed by atoms with Gasteiger partial charge in [-0.3, -0.25) is 9.59 Å². The Hall–Kier alpha value is -2.96. The zero-order chi connectivity index (χ0) is 21.8. The Morgan fingerprint density at radius 2 is 1.90 bits per heavy atom. The van der Waals surface area contributed by atoms with E-state index < -0.39 is 5.41 Å². The van der Waals surface area contributed by atoms with Gasteiger partial charge in [0.1, 0.15) is 0 Å². The second-order valence-electron chi connectivity index (χ2n) is 8.11. The molecule has 0 aliphatic carbocycles. The van der Waals surface area contributed by atoms with Gasteiger partial charge in [-0.05, 0) is 53.1 Å². The number of carbonyl (C=O) groups excluding carboxylic acids is 2. The summed E-state index contributed by atoms with van der Waals surface area (Å²) in [6.45, 7) is 1.37. The Labute approximate surface area is 186 Å². The summed E-state index contributed by atoms with van der Waals surface area (Å²) in [5.41, 5.74) is 8.94. The SMILES string of the molecule is COCc1ccc(C(=O)N2CCC(Cc3cccc(-c4cccs4)c3)(C(N)=O)C2)cc1. The smallest absolute Gasteiger partial charge is 0.253 e. The van der Waals surface area contributed by atoms with Gasteiger partial charge in [0.15, 0.2) is 0 Å². The number of nitrogens with two attached hydrogens (primary N) is 1. The molecule has 2 amide bonds. The Morgan fingerprint density at radius 3 is 2.58 bits per heavy atom. The van der Waals surface area contributed by atoms with Crippen molar-refractivity contribution in [3.05, 3.63) is 82.7 Å². The predicted octanol–water partition coefficient (Wildman–Crippen LogP) is 4.12. The third-order valence-electron chi connectivity index (χ3n) is 5.95. The number of amides is 2. The number of hydrogen-bond donors (Lipinski definition) is 1. The molecule has 2 aromatic carbocycles. The van der Waals surface area contributed by atoms with Gasteiger partial charge in [-0.15, -0.1) is 11.3 Å². The van der Waals surface area contributed by atoms with Gasteiger partial charge >= 0.3 is 0 Å². The van der Waals surface area contributed by atoms with E-state index in [1.807, 2.05) is 42.5 Å². The largest absolute Gasteiger partial charge is 0.380 e. The summed E-state index contributed by atoms with van der Waals surface area (Å²) in [5.74, 6) is -0.417. The molecule has 1 aliphatic rings. The Balaban J connectivity index is 1.51. The van der Waals surface area contributed by atoms with E-state index in [1.54, 1.807) is 23.3 Å². The monoisotopic (exact) mass is 434 g/mol. The summed E-state index contributed by atoms with van der Waals surface area (Å²) >= 11 is 1.69. The molecule has 1 fully saturated rings. The number of benzene rings is 2. The number of likely N-dealkylation sites (tertiary alicyclic amines) is 1. The molecule has 1 aromatic heterocycles. The molecule has 3 aromatic rings. The van der Waals surface area contributed by atoms with Crippen molar-refractivity contribution in [3.8, 4) is 10.4 Å². The second-order valence-corrected chi connectivity index (χ2v) is 9.05. The van der Waals surface area contributed by atoms with E-state index in [4.69, 9.17) is 10.5 Å². The van der Waals surface area contributed by atoms with Gasteiger partial charge in [-0.1, -0.05) is 42.5 Å². The van der Waals surface area contributed by atoms with Crippen LogP contribution < -0.4 is 5.73 Å². The van der Waals surface area contributed by atoms with E-state index in [0.29, 0.717) is 38.1 Å². The minimum Gasteiger partial charge on any atom is -0.380 e. The average Bonchev–Trinajstić information content (AvgIpc) is 3.46. The van der Waals surface area contributed by atoms with Crippen molar-refractivity contribution in [1.29, 1.82) is 0 Å². The van der Waals surface area contributed by atoms with Gasteiger partial charge in [0.2, 0.25) is 5.91 Å². The van der Waals surface area contributed by atoms with Gasteiger partial charge in [0.25, 0.3) is 5.91 Å². The fraction of sp³-hybridized carbons (Fsp3) is 0.280. The number of rotatable bonds is 7. The summed E-state index contributed by atoms with van der Waals surface area (Å²) in [6.07, 6.45) is 1.09. The van der Waals surface area contributed by atoms with Crippen LogP contribution >= 0.6 is 11.3 Å². The molecular formula is C25H26N2O3S. The molecule has 0 bridgehead atoms. The van der Waals surface area contributed by atoms with Gasteiger partial charge in [-0.2, -0.15) is 0 Å². The summed E-state index contributed by atoms with van der Waals surface area (Å²) in [7, 11) is 1.64. The molecule has 0 spiro atoms. The van der Waals surface area contributed by atoms with Crippen molar-refractivity contribution < 1.29 is 14.3 Å². The Bertz CT molecular complexity index is 1060. The lowest BCUT2D eigenvalue weighted by Crippen LogP contribution is -2.42. The maximum Gasteiger partial charge on any atom is 0.253 e. The molecule has 5 nitrogen and oxygen atoms in total. The quantitative estimate of drug-likeness (QED) is 0.608. The van der Waals surface area contributed by atoms with Crippen LogP contribution in [-0.2, 0) is 22.6 Å². The number of carbonyl (C=O) groups is 2. The second kappa shape index (κ2) is 9.04. The minimum absolute atomic E-state index is 0.0700. The van der Waals surface area contributed by atoms with Crippen molar-refractivity contribution in [2.75, 3.05) is 20.2 Å². The van der Waals surface area contributed by atoms with Crippen molar-refractivity contribution in [1.82, 2.24) is 4.90 Å². The van der Waals surface area contributed by atoms with E-state index in [1.165, 1.54) is 4.88 Å². The maximum absolute atomic E-state index is 13.0. The molecule has 6 heteroatoms. The fourth-order valence-corrected chi connectivity index (χ4v) is 4.96. The van der Waals surface area contributed by atoms with E-state index in [-0.39, 0.29) is 11.8 Å². The highest BCUT2D eigenvalue weighted by molar-refractivity contribution is 7.13. The van der Waals surface area contributed by atoms with Gasteiger partial charge < -0.3 is 15.4 Å². The summed E-state index contributed by atoms with van der Waals surface area (Å²) in [5, 5.41) is 2.05. The highest BCUT2D eigenvalue weighted by atomic mass is 32.1. The van der Waals surface area contributed by atoms with Crippen LogP contribution in [0, 0.1) is 5.41 Å². The highest BCUT2D eigenvalue weighted by Gasteiger charge is 2.44. The third kappa shape index (κ3) is 4.55. The number of nitrogens with zero attached hydrogens (tertiary/aromatic N) is 1.